The van der Waals surface area contributed by atoms with E-state index in [0.717, 1.165) is 22.9 Å². The molecular formula is C21H24N4O2. The number of hydrogen-bond acceptors (Lipinski definition) is 3. The van der Waals surface area contributed by atoms with Gasteiger partial charge in [0.25, 0.3) is 11.8 Å². The van der Waals surface area contributed by atoms with Crippen LogP contribution in [-0.2, 0) is 6.42 Å². The van der Waals surface area contributed by atoms with Crippen LogP contribution < -0.4 is 10.6 Å². The predicted octanol–water partition coefficient (Wildman–Crippen LogP) is 3.06. The SMILES string of the molecule is CCC(C)NC(=O)c1ccnc(C(=O)NCCc2c[nH]c3ccccc23)c1. The molecule has 0 saturated carbocycles. The van der Waals surface area contributed by atoms with Crippen molar-refractivity contribution in [3.63, 3.8) is 0 Å². The quantitative estimate of drug-likeness (QED) is 0.602. The van der Waals surface area contributed by atoms with Gasteiger partial charge in [-0.2, -0.15) is 0 Å². The fraction of sp³-hybridized carbons (Fsp3) is 0.286. The summed E-state index contributed by atoms with van der Waals surface area (Å²) in [4.78, 5) is 31.9. The minimum Gasteiger partial charge on any atom is -0.361 e. The number of benzene rings is 1. The number of para-hydroxylation sites is 1. The molecule has 0 aliphatic heterocycles. The van der Waals surface area contributed by atoms with Gasteiger partial charge >= 0.3 is 0 Å². The summed E-state index contributed by atoms with van der Waals surface area (Å²) in [5.74, 6) is -0.479. The van der Waals surface area contributed by atoms with Gasteiger partial charge in [-0.05, 0) is 43.5 Å². The van der Waals surface area contributed by atoms with E-state index in [9.17, 15) is 9.59 Å². The number of rotatable bonds is 7. The molecule has 3 N–H and O–H groups in total. The number of aromatic amines is 1. The summed E-state index contributed by atoms with van der Waals surface area (Å²) < 4.78 is 0. The molecule has 27 heavy (non-hydrogen) atoms. The van der Waals surface area contributed by atoms with Crippen molar-refractivity contribution < 1.29 is 9.59 Å². The maximum atomic E-state index is 12.4. The molecule has 0 spiro atoms. The third kappa shape index (κ3) is 4.53. The van der Waals surface area contributed by atoms with E-state index in [2.05, 4.69) is 26.7 Å². The molecule has 1 aromatic carbocycles. The monoisotopic (exact) mass is 364 g/mol. The summed E-state index contributed by atoms with van der Waals surface area (Å²) in [6.45, 7) is 4.44. The van der Waals surface area contributed by atoms with Crippen molar-refractivity contribution in [1.82, 2.24) is 20.6 Å². The summed E-state index contributed by atoms with van der Waals surface area (Å²) >= 11 is 0. The molecule has 0 radical (unpaired) electrons. The van der Waals surface area contributed by atoms with Crippen molar-refractivity contribution in [2.45, 2.75) is 32.7 Å². The first-order valence-corrected chi connectivity index (χ1v) is 9.18. The van der Waals surface area contributed by atoms with Gasteiger partial charge in [0.15, 0.2) is 0 Å². The number of aromatic nitrogens is 2. The standard InChI is InChI=1S/C21H24N4O2/c1-3-14(2)25-20(26)15-8-10-22-19(12-15)21(27)23-11-9-16-13-24-18-7-5-4-6-17(16)18/h4-8,10,12-14,24H,3,9,11H2,1-2H3,(H,23,27)(H,25,26). The third-order valence-electron chi connectivity index (χ3n) is 4.60. The fourth-order valence-electron chi connectivity index (χ4n) is 2.84. The van der Waals surface area contributed by atoms with Crippen molar-refractivity contribution >= 4 is 22.7 Å². The molecular weight excluding hydrogens is 340 g/mol. The third-order valence-corrected chi connectivity index (χ3v) is 4.60. The first-order valence-electron chi connectivity index (χ1n) is 9.18. The van der Waals surface area contributed by atoms with Crippen molar-refractivity contribution in [2.75, 3.05) is 6.54 Å². The predicted molar refractivity (Wildman–Crippen MR) is 106 cm³/mol. The Morgan fingerprint density at radius 2 is 2.00 bits per heavy atom. The Labute approximate surface area is 158 Å². The molecule has 1 atom stereocenters. The zero-order valence-electron chi connectivity index (χ0n) is 15.6. The van der Waals surface area contributed by atoms with E-state index >= 15 is 0 Å². The molecule has 140 valence electrons. The van der Waals surface area contributed by atoms with Gasteiger partial charge in [0.2, 0.25) is 0 Å². The highest BCUT2D eigenvalue weighted by molar-refractivity contribution is 5.98. The van der Waals surface area contributed by atoms with Crippen LogP contribution in [0.2, 0.25) is 0 Å². The lowest BCUT2D eigenvalue weighted by Crippen LogP contribution is -2.32. The van der Waals surface area contributed by atoms with Crippen LogP contribution in [0.4, 0.5) is 0 Å². The van der Waals surface area contributed by atoms with Crippen LogP contribution in [0, 0.1) is 0 Å². The van der Waals surface area contributed by atoms with Crippen molar-refractivity contribution in [1.29, 1.82) is 0 Å². The number of hydrogen-bond donors (Lipinski definition) is 3. The zero-order valence-corrected chi connectivity index (χ0v) is 15.6. The Hall–Kier alpha value is -3.15. The molecule has 6 heteroatoms. The first-order chi connectivity index (χ1) is 13.1. The molecule has 2 amide bonds. The second kappa shape index (κ2) is 8.49. The Kier molecular flexibility index (Phi) is 5.86. The van der Waals surface area contributed by atoms with E-state index in [1.54, 1.807) is 6.07 Å². The number of amides is 2. The second-order valence-electron chi connectivity index (χ2n) is 6.58. The van der Waals surface area contributed by atoms with Crippen LogP contribution in [-0.4, -0.2) is 34.4 Å². The second-order valence-corrected chi connectivity index (χ2v) is 6.58. The van der Waals surface area contributed by atoms with E-state index < -0.39 is 0 Å². The van der Waals surface area contributed by atoms with Crippen LogP contribution in [0.25, 0.3) is 10.9 Å². The van der Waals surface area contributed by atoms with Gasteiger partial charge < -0.3 is 15.6 Å². The summed E-state index contributed by atoms with van der Waals surface area (Å²) in [5.41, 5.74) is 2.92. The molecule has 0 aliphatic rings. The topological polar surface area (TPSA) is 86.9 Å². The number of carbonyl (C=O) groups is 2. The van der Waals surface area contributed by atoms with Crippen LogP contribution in [0.5, 0.6) is 0 Å². The molecule has 3 aromatic rings. The van der Waals surface area contributed by atoms with Crippen LogP contribution in [0.1, 0.15) is 46.7 Å². The Bertz CT molecular complexity index is 948. The maximum Gasteiger partial charge on any atom is 0.269 e. The molecule has 0 fully saturated rings. The number of pyridine rings is 1. The van der Waals surface area contributed by atoms with E-state index in [1.807, 2.05) is 38.2 Å². The minimum atomic E-state index is -0.284. The fourth-order valence-corrected chi connectivity index (χ4v) is 2.84. The maximum absolute atomic E-state index is 12.4. The highest BCUT2D eigenvalue weighted by atomic mass is 16.2. The molecule has 2 heterocycles. The molecule has 0 bridgehead atoms. The van der Waals surface area contributed by atoms with Crippen molar-refractivity contribution in [2.24, 2.45) is 0 Å². The molecule has 3 rings (SSSR count). The molecule has 0 saturated heterocycles. The summed E-state index contributed by atoms with van der Waals surface area (Å²) in [7, 11) is 0. The Balaban J connectivity index is 1.59. The van der Waals surface area contributed by atoms with E-state index in [-0.39, 0.29) is 23.6 Å². The zero-order chi connectivity index (χ0) is 19.2. The van der Waals surface area contributed by atoms with Crippen LogP contribution >= 0.6 is 0 Å². The Morgan fingerprint density at radius 1 is 1.19 bits per heavy atom. The van der Waals surface area contributed by atoms with Gasteiger partial charge in [-0.15, -0.1) is 0 Å². The summed E-state index contributed by atoms with van der Waals surface area (Å²) in [6.07, 6.45) is 5.01. The lowest BCUT2D eigenvalue weighted by molar-refractivity contribution is 0.0939. The Morgan fingerprint density at radius 3 is 2.81 bits per heavy atom. The van der Waals surface area contributed by atoms with Gasteiger partial charge in [-0.3, -0.25) is 14.6 Å². The molecule has 6 nitrogen and oxygen atoms in total. The normalized spacial score (nSPS) is 11.9. The first kappa shape index (κ1) is 18.6. The van der Waals surface area contributed by atoms with Gasteiger partial charge in [0, 0.05) is 41.4 Å². The number of fused-ring (bicyclic) bond motifs is 1. The summed E-state index contributed by atoms with van der Waals surface area (Å²) in [6, 6.07) is 11.3. The van der Waals surface area contributed by atoms with Crippen molar-refractivity contribution in [3.05, 3.63) is 65.6 Å². The van der Waals surface area contributed by atoms with Crippen LogP contribution in [0.15, 0.2) is 48.8 Å². The average Bonchev–Trinajstić information content (AvgIpc) is 3.11. The largest absolute Gasteiger partial charge is 0.361 e. The number of carbonyl (C=O) groups excluding carboxylic acids is 2. The van der Waals surface area contributed by atoms with Crippen molar-refractivity contribution in [3.8, 4) is 0 Å². The van der Waals surface area contributed by atoms with Gasteiger partial charge in [-0.25, -0.2) is 0 Å². The number of nitrogens with one attached hydrogen (secondary N) is 3. The van der Waals surface area contributed by atoms with Gasteiger partial charge in [-0.1, -0.05) is 25.1 Å². The minimum absolute atomic E-state index is 0.0825. The average molecular weight is 364 g/mol. The van der Waals surface area contributed by atoms with Gasteiger partial charge in [0.1, 0.15) is 5.69 Å². The number of nitrogens with zero attached hydrogens (tertiary/aromatic N) is 1. The molecule has 1 unspecified atom stereocenters. The van der Waals surface area contributed by atoms with Gasteiger partial charge in [0.05, 0.1) is 0 Å². The van der Waals surface area contributed by atoms with E-state index in [0.29, 0.717) is 18.5 Å². The number of H-pyrrole nitrogens is 1. The smallest absolute Gasteiger partial charge is 0.269 e. The van der Waals surface area contributed by atoms with Crippen LogP contribution in [0.3, 0.4) is 0 Å². The lowest BCUT2D eigenvalue weighted by atomic mass is 10.1. The molecule has 2 aromatic heterocycles. The van der Waals surface area contributed by atoms with E-state index in [1.165, 1.54) is 12.3 Å². The van der Waals surface area contributed by atoms with E-state index in [4.69, 9.17) is 0 Å². The molecule has 0 aliphatic carbocycles. The summed E-state index contributed by atoms with van der Waals surface area (Å²) in [5, 5.41) is 6.92. The highest BCUT2D eigenvalue weighted by Crippen LogP contribution is 2.17. The highest BCUT2D eigenvalue weighted by Gasteiger charge is 2.13. The lowest BCUT2D eigenvalue weighted by Gasteiger charge is -2.11.